The van der Waals surface area contributed by atoms with Crippen LogP contribution in [0.25, 0.3) is 11.1 Å². The fraction of sp³-hybridized carbons (Fsp3) is 0.0769. The van der Waals surface area contributed by atoms with E-state index >= 15 is 0 Å². The number of carboxylic acids is 1. The maximum Gasteiger partial charge on any atom is 0.341 e. The van der Waals surface area contributed by atoms with E-state index in [-0.39, 0.29) is 11.4 Å². The lowest BCUT2D eigenvalue weighted by Gasteiger charge is -2.09. The number of methoxy groups -OCH3 is 1. The zero-order valence-corrected chi connectivity index (χ0v) is 11.4. The molecule has 0 saturated carbocycles. The van der Waals surface area contributed by atoms with Gasteiger partial charge >= 0.3 is 5.97 Å². The molecule has 4 nitrogen and oxygen atoms in total. The van der Waals surface area contributed by atoms with Gasteiger partial charge in [-0.15, -0.1) is 0 Å². The predicted molar refractivity (Wildman–Crippen MR) is 73.2 cm³/mol. The summed E-state index contributed by atoms with van der Waals surface area (Å²) in [6.45, 7) is 0. The van der Waals surface area contributed by atoms with Crippen molar-refractivity contribution in [2.75, 3.05) is 7.11 Å². The van der Waals surface area contributed by atoms with Crippen LogP contribution in [0.1, 0.15) is 10.4 Å². The Morgan fingerprint density at radius 2 is 2.11 bits per heavy atom. The SMILES string of the molecule is COc1ncc(-c2cccc(Cl)c2Cl)cc1C(=O)O. The van der Waals surface area contributed by atoms with Crippen LogP contribution < -0.4 is 4.74 Å². The monoisotopic (exact) mass is 297 g/mol. The highest BCUT2D eigenvalue weighted by molar-refractivity contribution is 6.43. The van der Waals surface area contributed by atoms with Crippen molar-refractivity contribution in [3.05, 3.63) is 46.1 Å². The number of ether oxygens (including phenoxy) is 1. The molecule has 0 bridgehead atoms. The summed E-state index contributed by atoms with van der Waals surface area (Å²) < 4.78 is 4.90. The lowest BCUT2D eigenvalue weighted by atomic mass is 10.1. The van der Waals surface area contributed by atoms with E-state index in [4.69, 9.17) is 33.0 Å². The third-order valence-corrected chi connectivity index (χ3v) is 3.36. The van der Waals surface area contributed by atoms with Crippen molar-refractivity contribution in [1.82, 2.24) is 4.98 Å². The van der Waals surface area contributed by atoms with E-state index in [2.05, 4.69) is 4.98 Å². The molecular formula is C13H9Cl2NO3. The summed E-state index contributed by atoms with van der Waals surface area (Å²) in [6.07, 6.45) is 1.49. The lowest BCUT2D eigenvalue weighted by Crippen LogP contribution is -2.02. The molecule has 1 N–H and O–H groups in total. The number of benzene rings is 1. The molecule has 0 amide bonds. The first-order chi connectivity index (χ1) is 9.04. The molecule has 98 valence electrons. The second kappa shape index (κ2) is 5.47. The van der Waals surface area contributed by atoms with Crippen molar-refractivity contribution in [2.24, 2.45) is 0 Å². The molecule has 6 heteroatoms. The van der Waals surface area contributed by atoms with Crippen molar-refractivity contribution >= 4 is 29.2 Å². The Hall–Kier alpha value is -1.78. The molecule has 1 heterocycles. The molecule has 0 atom stereocenters. The molecule has 0 fully saturated rings. The zero-order valence-electron chi connectivity index (χ0n) is 9.85. The number of rotatable bonds is 3. The second-order valence-corrected chi connectivity index (χ2v) is 4.47. The number of aromatic nitrogens is 1. The van der Waals surface area contributed by atoms with Gasteiger partial charge in [-0.3, -0.25) is 0 Å². The van der Waals surface area contributed by atoms with Gasteiger partial charge in [-0.2, -0.15) is 0 Å². The minimum atomic E-state index is -1.12. The Balaban J connectivity index is 2.61. The van der Waals surface area contributed by atoms with Crippen LogP contribution >= 0.6 is 23.2 Å². The van der Waals surface area contributed by atoms with Gasteiger partial charge < -0.3 is 9.84 Å². The van der Waals surface area contributed by atoms with Gasteiger partial charge in [-0.25, -0.2) is 9.78 Å². The molecule has 0 aliphatic carbocycles. The number of carbonyl (C=O) groups is 1. The van der Waals surface area contributed by atoms with Crippen molar-refractivity contribution in [3.63, 3.8) is 0 Å². The van der Waals surface area contributed by atoms with Gasteiger partial charge in [0.15, 0.2) is 0 Å². The molecule has 19 heavy (non-hydrogen) atoms. The van der Waals surface area contributed by atoms with Crippen LogP contribution in [0, 0.1) is 0 Å². The van der Waals surface area contributed by atoms with Crippen molar-refractivity contribution in [2.45, 2.75) is 0 Å². The number of hydrogen-bond acceptors (Lipinski definition) is 3. The van der Waals surface area contributed by atoms with Gasteiger partial charge in [0, 0.05) is 17.3 Å². The number of nitrogens with zero attached hydrogens (tertiary/aromatic N) is 1. The summed E-state index contributed by atoms with van der Waals surface area (Å²) in [7, 11) is 1.36. The normalized spacial score (nSPS) is 10.3. The topological polar surface area (TPSA) is 59.4 Å². The summed E-state index contributed by atoms with van der Waals surface area (Å²) in [4.78, 5) is 15.1. The molecule has 0 spiro atoms. The van der Waals surface area contributed by atoms with Gasteiger partial charge in [0.2, 0.25) is 5.88 Å². The van der Waals surface area contributed by atoms with Crippen molar-refractivity contribution in [1.29, 1.82) is 0 Å². The fourth-order valence-electron chi connectivity index (χ4n) is 1.64. The van der Waals surface area contributed by atoms with Gasteiger partial charge in [0.05, 0.1) is 17.2 Å². The lowest BCUT2D eigenvalue weighted by molar-refractivity contribution is 0.0692. The molecular weight excluding hydrogens is 289 g/mol. The highest BCUT2D eigenvalue weighted by Crippen LogP contribution is 2.34. The first-order valence-corrected chi connectivity index (χ1v) is 6.02. The molecule has 0 saturated heterocycles. The zero-order chi connectivity index (χ0) is 14.0. The van der Waals surface area contributed by atoms with E-state index in [9.17, 15) is 4.79 Å². The number of pyridine rings is 1. The standard InChI is InChI=1S/C13H9Cl2NO3/c1-19-12-9(13(17)18)5-7(6-16-12)8-3-2-4-10(14)11(8)15/h2-6H,1H3,(H,17,18). The molecule has 0 aliphatic rings. The van der Waals surface area contributed by atoms with Crippen LogP contribution in [-0.2, 0) is 0 Å². The Morgan fingerprint density at radius 3 is 2.74 bits per heavy atom. The minimum Gasteiger partial charge on any atom is -0.480 e. The second-order valence-electron chi connectivity index (χ2n) is 3.69. The summed E-state index contributed by atoms with van der Waals surface area (Å²) in [6, 6.07) is 6.58. The Labute approximate surface area is 119 Å². The number of halogens is 2. The molecule has 0 radical (unpaired) electrons. The van der Waals surface area contributed by atoms with Crippen LogP contribution in [-0.4, -0.2) is 23.2 Å². The Morgan fingerprint density at radius 1 is 1.37 bits per heavy atom. The molecule has 0 unspecified atom stereocenters. The predicted octanol–water partition coefficient (Wildman–Crippen LogP) is 3.76. The van der Waals surface area contributed by atoms with Crippen molar-refractivity contribution in [3.8, 4) is 17.0 Å². The van der Waals surface area contributed by atoms with Gasteiger partial charge in [0.1, 0.15) is 5.56 Å². The van der Waals surface area contributed by atoms with Gasteiger partial charge in [0.25, 0.3) is 0 Å². The number of carboxylic acid groups (broad SMARTS) is 1. The van der Waals surface area contributed by atoms with E-state index in [1.54, 1.807) is 18.2 Å². The third kappa shape index (κ3) is 2.64. The number of hydrogen-bond donors (Lipinski definition) is 1. The summed E-state index contributed by atoms with van der Waals surface area (Å²) in [5, 5.41) is 9.86. The average Bonchev–Trinajstić information content (AvgIpc) is 2.41. The number of aromatic carboxylic acids is 1. The van der Waals surface area contributed by atoms with Crippen LogP contribution in [0.5, 0.6) is 5.88 Å². The maximum atomic E-state index is 11.1. The third-order valence-electron chi connectivity index (χ3n) is 2.54. The smallest absolute Gasteiger partial charge is 0.341 e. The largest absolute Gasteiger partial charge is 0.480 e. The fourth-order valence-corrected chi connectivity index (χ4v) is 2.05. The van der Waals surface area contributed by atoms with E-state index in [0.29, 0.717) is 21.2 Å². The van der Waals surface area contributed by atoms with Gasteiger partial charge in [-0.1, -0.05) is 35.3 Å². The first kappa shape index (κ1) is 13.6. The Kier molecular flexibility index (Phi) is 3.93. The summed E-state index contributed by atoms with van der Waals surface area (Å²) >= 11 is 12.0. The molecule has 0 aliphatic heterocycles. The molecule has 2 aromatic rings. The van der Waals surface area contributed by atoms with Gasteiger partial charge in [-0.05, 0) is 12.1 Å². The Bertz CT molecular complexity index is 644. The van der Waals surface area contributed by atoms with Crippen LogP contribution in [0.4, 0.5) is 0 Å². The van der Waals surface area contributed by atoms with E-state index < -0.39 is 5.97 Å². The average molecular weight is 298 g/mol. The summed E-state index contributed by atoms with van der Waals surface area (Å²) in [5.74, 6) is -1.07. The van der Waals surface area contributed by atoms with Crippen LogP contribution in [0.2, 0.25) is 10.0 Å². The van der Waals surface area contributed by atoms with E-state index in [1.165, 1.54) is 19.4 Å². The maximum absolute atomic E-state index is 11.1. The molecule has 1 aromatic carbocycles. The molecule has 1 aromatic heterocycles. The van der Waals surface area contributed by atoms with E-state index in [1.807, 2.05) is 0 Å². The highest BCUT2D eigenvalue weighted by Gasteiger charge is 2.15. The first-order valence-electron chi connectivity index (χ1n) is 5.26. The van der Waals surface area contributed by atoms with Crippen LogP contribution in [0.3, 0.4) is 0 Å². The molecule has 2 rings (SSSR count). The van der Waals surface area contributed by atoms with Crippen LogP contribution in [0.15, 0.2) is 30.5 Å². The minimum absolute atomic E-state index is 0.0314. The summed E-state index contributed by atoms with van der Waals surface area (Å²) in [5.41, 5.74) is 1.15. The highest BCUT2D eigenvalue weighted by atomic mass is 35.5. The van der Waals surface area contributed by atoms with Crippen molar-refractivity contribution < 1.29 is 14.6 Å². The van der Waals surface area contributed by atoms with E-state index in [0.717, 1.165) is 0 Å². The quantitative estimate of drug-likeness (QED) is 0.937.